The average Bonchev–Trinajstić information content (AvgIpc) is 2.60. The number of carboxylic acids is 1. The number of rotatable bonds is 4. The molecule has 0 atom stereocenters. The number of hydrogen-bond acceptors (Lipinski definition) is 3. The highest BCUT2D eigenvalue weighted by Crippen LogP contribution is 2.21. The Labute approximate surface area is 99.6 Å². The smallest absolute Gasteiger partial charge is 0.305 e. The summed E-state index contributed by atoms with van der Waals surface area (Å²) in [5.41, 5.74) is 0.583. The summed E-state index contributed by atoms with van der Waals surface area (Å²) in [4.78, 5) is 23.4. The third kappa shape index (κ3) is 3.64. The quantitative estimate of drug-likeness (QED) is 0.924. The molecule has 6 heteroatoms. The number of halogens is 1. The number of hydrogen-bond donors (Lipinski definition) is 1. The van der Waals surface area contributed by atoms with Gasteiger partial charge in [-0.15, -0.1) is 11.3 Å². The van der Waals surface area contributed by atoms with E-state index in [0.29, 0.717) is 5.56 Å². The molecule has 0 aliphatic heterocycles. The van der Waals surface area contributed by atoms with E-state index in [2.05, 4.69) is 15.9 Å². The summed E-state index contributed by atoms with van der Waals surface area (Å²) in [6, 6.07) is 1.73. The Kier molecular flexibility index (Phi) is 4.28. The zero-order chi connectivity index (χ0) is 11.4. The third-order valence-electron chi connectivity index (χ3n) is 1.82. The molecule has 1 N–H and O–H groups in total. The molecule has 1 heterocycles. The second-order valence-corrected chi connectivity index (χ2v) is 5.30. The monoisotopic (exact) mass is 291 g/mol. The Morgan fingerprint density at radius 1 is 1.60 bits per heavy atom. The fourth-order valence-electron chi connectivity index (χ4n) is 1.01. The first-order valence-corrected chi connectivity index (χ1v) is 5.89. The maximum Gasteiger partial charge on any atom is 0.305 e. The molecule has 4 nitrogen and oxygen atoms in total. The molecule has 0 aliphatic rings. The summed E-state index contributed by atoms with van der Waals surface area (Å²) >= 11 is 4.69. The van der Waals surface area contributed by atoms with Crippen molar-refractivity contribution in [2.75, 3.05) is 13.6 Å². The topological polar surface area (TPSA) is 57.6 Å². The van der Waals surface area contributed by atoms with Gasteiger partial charge in [0.25, 0.3) is 5.91 Å². The fourth-order valence-corrected chi connectivity index (χ4v) is 2.14. The number of carbonyl (C=O) groups excluding carboxylic acids is 1. The summed E-state index contributed by atoms with van der Waals surface area (Å²) in [5.74, 6) is -1.06. The maximum atomic E-state index is 11.7. The van der Waals surface area contributed by atoms with Gasteiger partial charge < -0.3 is 10.0 Å². The third-order valence-corrected chi connectivity index (χ3v) is 3.33. The lowest BCUT2D eigenvalue weighted by atomic mass is 10.3. The number of amides is 1. The van der Waals surface area contributed by atoms with Gasteiger partial charge in [-0.25, -0.2) is 0 Å². The molecule has 0 saturated heterocycles. The molecule has 1 aromatic rings. The molecule has 0 spiro atoms. The van der Waals surface area contributed by atoms with Gasteiger partial charge in [-0.1, -0.05) is 0 Å². The van der Waals surface area contributed by atoms with Gasteiger partial charge in [0.1, 0.15) is 0 Å². The van der Waals surface area contributed by atoms with Crippen molar-refractivity contribution in [2.45, 2.75) is 6.42 Å². The predicted molar refractivity (Wildman–Crippen MR) is 61.2 cm³/mol. The van der Waals surface area contributed by atoms with Gasteiger partial charge >= 0.3 is 5.97 Å². The van der Waals surface area contributed by atoms with Crippen LogP contribution in [0.5, 0.6) is 0 Å². The number of carbonyl (C=O) groups is 2. The lowest BCUT2D eigenvalue weighted by Gasteiger charge is -2.14. The van der Waals surface area contributed by atoms with Crippen LogP contribution in [0.3, 0.4) is 0 Å². The van der Waals surface area contributed by atoms with Crippen LogP contribution < -0.4 is 0 Å². The predicted octanol–water partition coefficient (Wildman–Crippen LogP) is 2.06. The zero-order valence-electron chi connectivity index (χ0n) is 8.07. The first-order valence-electron chi connectivity index (χ1n) is 4.22. The van der Waals surface area contributed by atoms with E-state index in [-0.39, 0.29) is 18.9 Å². The summed E-state index contributed by atoms with van der Waals surface area (Å²) in [5, 5.41) is 10.2. The number of nitrogens with zero attached hydrogens (tertiary/aromatic N) is 1. The van der Waals surface area contributed by atoms with Crippen molar-refractivity contribution >= 4 is 39.1 Å². The normalized spacial score (nSPS) is 10.0. The molecule has 0 radical (unpaired) electrons. The molecular weight excluding hydrogens is 282 g/mol. The van der Waals surface area contributed by atoms with Crippen molar-refractivity contribution < 1.29 is 14.7 Å². The Hall–Kier alpha value is -0.880. The van der Waals surface area contributed by atoms with Crippen molar-refractivity contribution in [2.24, 2.45) is 0 Å². The molecule has 1 amide bonds. The van der Waals surface area contributed by atoms with Gasteiger partial charge in [-0.3, -0.25) is 9.59 Å². The number of thiophene rings is 1. The highest BCUT2D eigenvalue weighted by atomic mass is 79.9. The van der Waals surface area contributed by atoms with Crippen LogP contribution in [0.1, 0.15) is 16.8 Å². The van der Waals surface area contributed by atoms with Gasteiger partial charge in [-0.05, 0) is 22.0 Å². The van der Waals surface area contributed by atoms with Crippen molar-refractivity contribution in [3.05, 3.63) is 20.8 Å². The average molecular weight is 292 g/mol. The van der Waals surface area contributed by atoms with Crippen LogP contribution >= 0.6 is 27.3 Å². The fraction of sp³-hybridized carbons (Fsp3) is 0.333. The number of carboxylic acid groups (broad SMARTS) is 1. The molecule has 0 bridgehead atoms. The Morgan fingerprint density at radius 3 is 2.73 bits per heavy atom. The minimum absolute atomic E-state index is 0.0342. The highest BCUT2D eigenvalue weighted by Gasteiger charge is 2.13. The standard InChI is InChI=1S/C9H10BrNO3S/c1-11(3-2-8(12)13)9(14)6-4-7(10)15-5-6/h4-5H,2-3H2,1H3,(H,12,13). The lowest BCUT2D eigenvalue weighted by molar-refractivity contribution is -0.137. The summed E-state index contributed by atoms with van der Waals surface area (Å²) in [7, 11) is 1.59. The van der Waals surface area contributed by atoms with Crippen LogP contribution in [0, 0.1) is 0 Å². The molecule has 1 rings (SSSR count). The van der Waals surface area contributed by atoms with Crippen molar-refractivity contribution in [1.82, 2.24) is 4.90 Å². The lowest BCUT2D eigenvalue weighted by Crippen LogP contribution is -2.28. The van der Waals surface area contributed by atoms with Gasteiger partial charge in [0.15, 0.2) is 0 Å². The van der Waals surface area contributed by atoms with Crippen LogP contribution in [0.2, 0.25) is 0 Å². The van der Waals surface area contributed by atoms with E-state index in [9.17, 15) is 9.59 Å². The molecule has 0 aromatic carbocycles. The molecule has 0 saturated carbocycles. The Bertz CT molecular complexity index is 377. The van der Waals surface area contributed by atoms with E-state index in [1.165, 1.54) is 16.2 Å². The Balaban J connectivity index is 2.57. The SMILES string of the molecule is CN(CCC(=O)O)C(=O)c1csc(Br)c1. The van der Waals surface area contributed by atoms with E-state index in [0.717, 1.165) is 3.79 Å². The molecule has 82 valence electrons. The van der Waals surface area contributed by atoms with Gasteiger partial charge in [0, 0.05) is 19.0 Å². The largest absolute Gasteiger partial charge is 0.481 e. The van der Waals surface area contributed by atoms with Crippen LogP contribution in [-0.4, -0.2) is 35.5 Å². The molecule has 0 unspecified atom stereocenters. The van der Waals surface area contributed by atoms with Crippen LogP contribution in [0.25, 0.3) is 0 Å². The van der Waals surface area contributed by atoms with E-state index in [1.807, 2.05) is 0 Å². The van der Waals surface area contributed by atoms with E-state index in [4.69, 9.17) is 5.11 Å². The van der Waals surface area contributed by atoms with Crippen molar-refractivity contribution in [3.63, 3.8) is 0 Å². The van der Waals surface area contributed by atoms with Crippen LogP contribution in [-0.2, 0) is 4.79 Å². The van der Waals surface area contributed by atoms with E-state index < -0.39 is 5.97 Å². The minimum Gasteiger partial charge on any atom is -0.481 e. The summed E-state index contributed by atoms with van der Waals surface area (Å²) in [6.07, 6.45) is -0.0342. The van der Waals surface area contributed by atoms with Gasteiger partial charge in [0.05, 0.1) is 15.8 Å². The maximum absolute atomic E-state index is 11.7. The van der Waals surface area contributed by atoms with E-state index in [1.54, 1.807) is 18.5 Å². The zero-order valence-corrected chi connectivity index (χ0v) is 10.5. The first kappa shape index (κ1) is 12.2. The molecular formula is C9H10BrNO3S. The second-order valence-electron chi connectivity index (χ2n) is 3.01. The molecule has 15 heavy (non-hydrogen) atoms. The van der Waals surface area contributed by atoms with Gasteiger partial charge in [0.2, 0.25) is 0 Å². The van der Waals surface area contributed by atoms with Crippen LogP contribution in [0.15, 0.2) is 15.2 Å². The summed E-state index contributed by atoms with van der Waals surface area (Å²) in [6.45, 7) is 0.224. The highest BCUT2D eigenvalue weighted by molar-refractivity contribution is 9.11. The molecule has 0 aliphatic carbocycles. The van der Waals surface area contributed by atoms with Crippen molar-refractivity contribution in [1.29, 1.82) is 0 Å². The van der Waals surface area contributed by atoms with Crippen molar-refractivity contribution in [3.8, 4) is 0 Å². The first-order chi connectivity index (χ1) is 7.00. The van der Waals surface area contributed by atoms with Crippen LogP contribution in [0.4, 0.5) is 0 Å². The van der Waals surface area contributed by atoms with Gasteiger partial charge in [-0.2, -0.15) is 0 Å². The molecule has 0 fully saturated rings. The number of aliphatic carboxylic acids is 1. The Morgan fingerprint density at radius 2 is 2.27 bits per heavy atom. The minimum atomic E-state index is -0.902. The second kappa shape index (κ2) is 5.27. The van der Waals surface area contributed by atoms with E-state index >= 15 is 0 Å². The summed E-state index contributed by atoms with van der Waals surface area (Å²) < 4.78 is 0.887. The molecule has 1 aromatic heterocycles.